The molecule has 0 fully saturated rings. The van der Waals surface area contributed by atoms with Crippen LogP contribution in [0.2, 0.25) is 0 Å². The Morgan fingerprint density at radius 2 is 1.83 bits per heavy atom. The van der Waals surface area contributed by atoms with Crippen molar-refractivity contribution in [3.8, 4) is 0 Å². The van der Waals surface area contributed by atoms with Gasteiger partial charge in [-0.25, -0.2) is 17.5 Å². The van der Waals surface area contributed by atoms with E-state index >= 15 is 0 Å². The Morgan fingerprint density at radius 1 is 1.21 bits per heavy atom. The first kappa shape index (κ1) is 18.4. The number of amides is 1. The molecule has 0 saturated heterocycles. The van der Waals surface area contributed by atoms with Crippen LogP contribution in [0, 0.1) is 11.2 Å². The molecule has 0 spiro atoms. The number of hydrogen-bond donors (Lipinski definition) is 2. The first-order chi connectivity index (χ1) is 11.1. The molecule has 130 valence electrons. The zero-order valence-electron chi connectivity index (χ0n) is 13.3. The number of rotatable bonds is 5. The zero-order chi connectivity index (χ0) is 18.0. The predicted molar refractivity (Wildman–Crippen MR) is 88.4 cm³/mol. The second kappa shape index (κ2) is 6.91. The molecule has 24 heavy (non-hydrogen) atoms. The fourth-order valence-electron chi connectivity index (χ4n) is 1.50. The van der Waals surface area contributed by atoms with Crippen LogP contribution in [0.15, 0.2) is 28.6 Å². The maximum atomic E-state index is 12.8. The number of halogens is 1. The molecule has 1 aromatic carbocycles. The van der Waals surface area contributed by atoms with E-state index in [1.807, 2.05) is 0 Å². The number of benzene rings is 1. The number of aromatic nitrogens is 2. The van der Waals surface area contributed by atoms with Crippen LogP contribution >= 0.6 is 11.3 Å². The Morgan fingerprint density at radius 3 is 2.42 bits per heavy atom. The minimum Gasteiger partial charge on any atom is -0.300 e. The molecule has 0 aliphatic heterocycles. The number of sulfonamides is 1. The highest BCUT2D eigenvalue weighted by atomic mass is 32.2. The molecule has 2 rings (SSSR count). The summed E-state index contributed by atoms with van der Waals surface area (Å²) in [6, 6.07) is 5.45. The van der Waals surface area contributed by atoms with Crippen molar-refractivity contribution in [3.63, 3.8) is 0 Å². The average molecular weight is 372 g/mol. The first-order valence-electron chi connectivity index (χ1n) is 6.97. The molecule has 0 unspecified atom stereocenters. The molecular formula is C14H17FN4O3S2. The summed E-state index contributed by atoms with van der Waals surface area (Å²) < 4.78 is 39.3. The lowest BCUT2D eigenvalue weighted by molar-refractivity contribution is -0.123. The smallest absolute Gasteiger partial charge is 0.270 e. The van der Waals surface area contributed by atoms with E-state index in [-0.39, 0.29) is 21.9 Å². The van der Waals surface area contributed by atoms with Gasteiger partial charge in [0, 0.05) is 12.0 Å². The Labute approximate surface area is 143 Å². The highest BCUT2D eigenvalue weighted by Gasteiger charge is 2.25. The monoisotopic (exact) mass is 372 g/mol. The van der Waals surface area contributed by atoms with Crippen LogP contribution in [-0.4, -0.2) is 24.5 Å². The van der Waals surface area contributed by atoms with E-state index in [4.69, 9.17) is 0 Å². The summed E-state index contributed by atoms with van der Waals surface area (Å²) in [6.07, 6.45) is 0. The zero-order valence-corrected chi connectivity index (χ0v) is 15.0. The number of nitrogens with zero attached hydrogens (tertiary/aromatic N) is 2. The normalized spacial score (nSPS) is 12.2. The number of anilines is 1. The predicted octanol–water partition coefficient (Wildman–Crippen LogP) is 2.14. The van der Waals surface area contributed by atoms with Gasteiger partial charge in [0.15, 0.2) is 0 Å². The van der Waals surface area contributed by atoms with Crippen LogP contribution in [0.1, 0.15) is 26.3 Å². The molecule has 2 aromatic rings. The van der Waals surface area contributed by atoms with Crippen molar-refractivity contribution >= 4 is 32.4 Å². The molecule has 1 amide bonds. The summed E-state index contributed by atoms with van der Waals surface area (Å²) in [6.45, 7) is 5.17. The maximum absolute atomic E-state index is 12.8. The summed E-state index contributed by atoms with van der Waals surface area (Å²) in [5.41, 5.74) is -0.0308. The number of hydrogen-bond acceptors (Lipinski definition) is 6. The second-order valence-corrected chi connectivity index (χ2v) is 8.95. The molecule has 0 bridgehead atoms. The van der Waals surface area contributed by atoms with Gasteiger partial charge in [0.05, 0.1) is 0 Å². The fraction of sp³-hybridized carbons (Fsp3) is 0.357. The number of carbonyl (C=O) groups excluding carboxylic acids is 1. The molecule has 7 nitrogen and oxygen atoms in total. The maximum Gasteiger partial charge on any atom is 0.270 e. The molecule has 0 aliphatic rings. The minimum atomic E-state index is -3.87. The molecule has 0 radical (unpaired) electrons. The first-order valence-corrected chi connectivity index (χ1v) is 9.27. The van der Waals surface area contributed by atoms with Gasteiger partial charge in [-0.1, -0.05) is 44.2 Å². The van der Waals surface area contributed by atoms with Crippen molar-refractivity contribution in [3.05, 3.63) is 35.6 Å². The Hall–Kier alpha value is -1.91. The van der Waals surface area contributed by atoms with E-state index in [1.165, 1.54) is 24.3 Å². The van der Waals surface area contributed by atoms with Crippen molar-refractivity contribution in [1.82, 2.24) is 14.9 Å². The van der Waals surface area contributed by atoms with Crippen molar-refractivity contribution in [2.75, 3.05) is 5.32 Å². The van der Waals surface area contributed by atoms with Gasteiger partial charge in [0.25, 0.3) is 10.0 Å². The topological polar surface area (TPSA) is 101 Å². The SMILES string of the molecule is CC(C)(C)C(=O)Nc1nnc(S(=O)(=O)NCc2ccc(F)cc2)s1. The van der Waals surface area contributed by atoms with E-state index in [0.29, 0.717) is 5.56 Å². The lowest BCUT2D eigenvalue weighted by Gasteiger charge is -2.15. The molecule has 2 N–H and O–H groups in total. The van der Waals surface area contributed by atoms with Gasteiger partial charge in [0.1, 0.15) is 5.82 Å². The molecular weight excluding hydrogens is 355 g/mol. The van der Waals surface area contributed by atoms with Crippen LogP contribution in [0.3, 0.4) is 0 Å². The molecule has 0 atom stereocenters. The van der Waals surface area contributed by atoms with Gasteiger partial charge in [-0.15, -0.1) is 10.2 Å². The van der Waals surface area contributed by atoms with Gasteiger partial charge in [0.2, 0.25) is 15.4 Å². The third kappa shape index (κ3) is 4.79. The lowest BCUT2D eigenvalue weighted by Crippen LogP contribution is -2.27. The summed E-state index contributed by atoms with van der Waals surface area (Å²) in [5.74, 6) is -0.688. The number of carbonyl (C=O) groups is 1. The fourth-order valence-corrected chi connectivity index (χ4v) is 3.45. The van der Waals surface area contributed by atoms with Crippen molar-refractivity contribution < 1.29 is 17.6 Å². The Balaban J connectivity index is 2.04. The highest BCUT2D eigenvalue weighted by molar-refractivity contribution is 7.91. The number of nitrogens with one attached hydrogen (secondary N) is 2. The third-order valence-electron chi connectivity index (χ3n) is 2.92. The van der Waals surface area contributed by atoms with E-state index in [1.54, 1.807) is 20.8 Å². The van der Waals surface area contributed by atoms with Crippen molar-refractivity contribution in [2.24, 2.45) is 5.41 Å². The van der Waals surface area contributed by atoms with Gasteiger partial charge in [-0.05, 0) is 17.7 Å². The molecule has 10 heteroatoms. The second-order valence-electron chi connectivity index (χ2n) is 6.03. The van der Waals surface area contributed by atoms with E-state index in [2.05, 4.69) is 20.2 Å². The van der Waals surface area contributed by atoms with Crippen LogP contribution in [0.25, 0.3) is 0 Å². The van der Waals surface area contributed by atoms with Gasteiger partial charge in [-0.2, -0.15) is 0 Å². The van der Waals surface area contributed by atoms with Crippen molar-refractivity contribution in [1.29, 1.82) is 0 Å². The van der Waals surface area contributed by atoms with E-state index in [9.17, 15) is 17.6 Å². The lowest BCUT2D eigenvalue weighted by atomic mass is 9.96. The molecule has 1 heterocycles. The highest BCUT2D eigenvalue weighted by Crippen LogP contribution is 2.23. The van der Waals surface area contributed by atoms with Crippen molar-refractivity contribution in [2.45, 2.75) is 31.7 Å². The molecule has 1 aromatic heterocycles. The summed E-state index contributed by atoms with van der Waals surface area (Å²) in [4.78, 5) is 11.9. The van der Waals surface area contributed by atoms with Crippen LogP contribution < -0.4 is 10.0 Å². The average Bonchev–Trinajstić information content (AvgIpc) is 2.95. The Kier molecular flexibility index (Phi) is 5.31. The summed E-state index contributed by atoms with van der Waals surface area (Å²) in [7, 11) is -3.87. The van der Waals surface area contributed by atoms with E-state index in [0.717, 1.165) is 11.3 Å². The summed E-state index contributed by atoms with van der Waals surface area (Å²) >= 11 is 0.757. The molecule has 0 aliphatic carbocycles. The van der Waals surface area contributed by atoms with E-state index < -0.39 is 21.3 Å². The van der Waals surface area contributed by atoms with Gasteiger partial charge < -0.3 is 5.32 Å². The Bertz CT molecular complexity index is 826. The van der Waals surface area contributed by atoms with Crippen LogP contribution in [0.5, 0.6) is 0 Å². The van der Waals surface area contributed by atoms with Gasteiger partial charge in [-0.3, -0.25) is 4.79 Å². The summed E-state index contributed by atoms with van der Waals surface area (Å²) in [5, 5.41) is 9.90. The molecule has 0 saturated carbocycles. The standard InChI is InChI=1S/C14H17FN4O3S2/c1-14(2,3)11(20)17-12-18-19-13(23-12)24(21,22)16-8-9-4-6-10(15)7-5-9/h4-7,16H,8H2,1-3H3,(H,17,18,20). The minimum absolute atomic E-state index is 0.00806. The third-order valence-corrected chi connectivity index (χ3v) is 5.52. The quantitative estimate of drug-likeness (QED) is 0.783. The van der Waals surface area contributed by atoms with Crippen LogP contribution in [0.4, 0.5) is 9.52 Å². The largest absolute Gasteiger partial charge is 0.300 e. The van der Waals surface area contributed by atoms with Gasteiger partial charge >= 0.3 is 0 Å². The van der Waals surface area contributed by atoms with Crippen LogP contribution in [-0.2, 0) is 21.4 Å².